The van der Waals surface area contributed by atoms with Gasteiger partial charge in [-0.1, -0.05) is 23.2 Å². The second kappa shape index (κ2) is 23.5. The van der Waals surface area contributed by atoms with Crippen LogP contribution in [-0.2, 0) is 43.6 Å². The highest BCUT2D eigenvalue weighted by molar-refractivity contribution is 8.00. The minimum atomic E-state index is -4.99. The second-order valence-corrected chi connectivity index (χ2v) is 17.5. The van der Waals surface area contributed by atoms with Crippen LogP contribution in [0.4, 0.5) is 34.0 Å². The van der Waals surface area contributed by atoms with Gasteiger partial charge in [0, 0.05) is 35.8 Å². The number of aliphatic carboxylic acids is 1. The number of esters is 1. The van der Waals surface area contributed by atoms with Gasteiger partial charge in [0.05, 0.1) is 48.8 Å². The molecule has 0 atom stereocenters. The third kappa shape index (κ3) is 14.0. The number of anilines is 1. The molecule has 0 unspecified atom stereocenters. The number of carboxylic acids is 1. The average Bonchev–Trinajstić information content (AvgIpc) is 3.62. The highest BCUT2D eigenvalue weighted by Crippen LogP contribution is 2.34. The normalized spacial score (nSPS) is 12.3. The van der Waals surface area contributed by atoms with Crippen molar-refractivity contribution in [3.8, 4) is 17.5 Å². The summed E-state index contributed by atoms with van der Waals surface area (Å²) in [6, 6.07) is 10.8. The smallest absolute Gasteiger partial charge is 0.419 e. The Morgan fingerprint density at radius 2 is 1.60 bits per heavy atom. The number of carbonyl (C=O) groups excluding carboxylic acids is 2. The van der Waals surface area contributed by atoms with Crippen molar-refractivity contribution in [2.45, 2.75) is 42.0 Å². The Labute approximate surface area is 399 Å². The predicted octanol–water partition coefficient (Wildman–Crippen LogP) is 6.56. The van der Waals surface area contributed by atoms with Crippen LogP contribution in [0.1, 0.15) is 18.4 Å². The SMILES string of the molecule is COC(=O)CSc1cc(N=c2sc(=O)n3n2CCCC3)c(F)cc1Cl.COc1cc(OC)nc(NC(=O)NS(=O)(=O)c2ncccc2C(F)(F)F)n1.O=C(O)COc1ccc(Cl)c2cccnc12. The number of ether oxygens (including phenoxy) is 4. The summed E-state index contributed by atoms with van der Waals surface area (Å²) in [4.78, 5) is 65.6. The van der Waals surface area contributed by atoms with Crippen molar-refractivity contribution in [1.82, 2.24) is 34.0 Å². The molecule has 362 valence electrons. The van der Waals surface area contributed by atoms with Crippen molar-refractivity contribution < 1.29 is 64.4 Å². The number of hydrogen-bond acceptors (Lipinski definition) is 17. The summed E-state index contributed by atoms with van der Waals surface area (Å²) < 4.78 is 102. The number of alkyl halides is 3. The van der Waals surface area contributed by atoms with Crippen LogP contribution in [0, 0.1) is 5.82 Å². The maximum absolute atomic E-state index is 14.3. The number of aromatic nitrogens is 6. The zero-order valence-corrected chi connectivity index (χ0v) is 39.2. The molecule has 5 heterocycles. The standard InChI is InChI=1S/C15H15ClFN3O3S2.C13H12F3N5O5S.C11H8ClNO3/c1-23-13(21)8-24-12-7-11(10(17)6-9(12)16)18-14-19-4-2-3-5-20(19)15(22)25-14;1-25-8-6-9(26-2)19-11(18-8)20-12(22)21-27(23,24)10-7(13(14,15)16)4-3-5-17-10;12-8-3-4-9(16-6-10(14)15)11-7(8)2-1-5-13-11/h6-7H,2-5,8H2,1H3;3-6H,1-2H3,(H2,18,19,20,21,22);1-5H,6H2,(H,14,15). The number of carboxylic acid groups (broad SMARTS) is 1. The number of methoxy groups -OCH3 is 3. The Bertz CT molecular complexity index is 3050. The summed E-state index contributed by atoms with van der Waals surface area (Å²) in [5, 5.41) is 10.6. The molecule has 7 rings (SSSR count). The highest BCUT2D eigenvalue weighted by Gasteiger charge is 2.38. The van der Waals surface area contributed by atoms with Gasteiger partial charge < -0.3 is 24.1 Å². The van der Waals surface area contributed by atoms with Crippen molar-refractivity contribution in [3.05, 3.63) is 103 Å². The summed E-state index contributed by atoms with van der Waals surface area (Å²) >= 11 is 14.2. The number of hydrogen-bond donors (Lipinski definition) is 3. The molecular weight excluding hydrogens is 1010 g/mol. The Morgan fingerprint density at radius 1 is 0.941 bits per heavy atom. The Kier molecular flexibility index (Phi) is 18.1. The van der Waals surface area contributed by atoms with E-state index in [2.05, 4.69) is 29.7 Å². The van der Waals surface area contributed by atoms with Crippen molar-refractivity contribution in [1.29, 1.82) is 0 Å². The Morgan fingerprint density at radius 3 is 2.25 bits per heavy atom. The van der Waals surface area contributed by atoms with Gasteiger partial charge in [-0.2, -0.15) is 31.6 Å². The molecule has 2 amide bonds. The van der Waals surface area contributed by atoms with Crippen LogP contribution in [0.3, 0.4) is 0 Å². The van der Waals surface area contributed by atoms with Gasteiger partial charge in [0.15, 0.2) is 11.6 Å². The van der Waals surface area contributed by atoms with Crippen LogP contribution in [0.15, 0.2) is 86.7 Å². The van der Waals surface area contributed by atoms with E-state index in [9.17, 15) is 45.2 Å². The average molecular weight is 1050 g/mol. The van der Waals surface area contributed by atoms with E-state index < -0.39 is 63.1 Å². The topological polar surface area (TPSA) is 257 Å². The van der Waals surface area contributed by atoms with Gasteiger partial charge in [0.2, 0.25) is 22.5 Å². The number of halogens is 6. The van der Waals surface area contributed by atoms with E-state index in [0.29, 0.717) is 45.1 Å². The lowest BCUT2D eigenvalue weighted by molar-refractivity contribution is -0.140. The number of fused-ring (bicyclic) bond motifs is 2. The van der Waals surface area contributed by atoms with E-state index >= 15 is 0 Å². The van der Waals surface area contributed by atoms with Gasteiger partial charge in [-0.25, -0.2) is 33.4 Å². The molecule has 20 nitrogen and oxygen atoms in total. The number of pyridine rings is 2. The molecule has 0 aliphatic carbocycles. The van der Waals surface area contributed by atoms with Gasteiger partial charge in [0.25, 0.3) is 10.0 Å². The number of thioether (sulfide) groups is 1. The summed E-state index contributed by atoms with van der Waals surface area (Å²) in [5.41, 5.74) is -0.875. The first-order chi connectivity index (χ1) is 32.2. The van der Waals surface area contributed by atoms with Gasteiger partial charge >= 0.3 is 29.0 Å². The molecule has 6 aromatic rings. The predicted molar refractivity (Wildman–Crippen MR) is 239 cm³/mol. The van der Waals surface area contributed by atoms with E-state index in [0.717, 1.165) is 59.7 Å². The minimum absolute atomic E-state index is 0.0101. The maximum Gasteiger partial charge on any atom is 0.419 e. The number of urea groups is 1. The lowest BCUT2D eigenvalue weighted by Crippen LogP contribution is -2.36. The first-order valence-electron chi connectivity index (χ1n) is 19.0. The molecule has 0 fully saturated rings. The number of sulfonamides is 1. The summed E-state index contributed by atoms with van der Waals surface area (Å²) in [6.07, 6.45) is -0.644. The summed E-state index contributed by atoms with van der Waals surface area (Å²) in [5.74, 6) is -1.96. The molecule has 2 aromatic carbocycles. The molecule has 0 radical (unpaired) electrons. The van der Waals surface area contributed by atoms with Gasteiger partial charge in [0.1, 0.15) is 22.8 Å². The van der Waals surface area contributed by atoms with E-state index in [1.807, 2.05) is 5.32 Å². The fourth-order valence-corrected chi connectivity index (χ4v) is 8.85. The number of carbonyl (C=O) groups is 3. The highest BCUT2D eigenvalue weighted by atomic mass is 35.5. The van der Waals surface area contributed by atoms with Crippen molar-refractivity contribution in [2.24, 2.45) is 4.99 Å². The molecule has 0 bridgehead atoms. The fraction of sp³-hybridized carbons (Fsp3) is 0.256. The molecule has 3 N–H and O–H groups in total. The first-order valence-corrected chi connectivity index (χ1v) is 23.0. The molecule has 0 saturated carbocycles. The van der Waals surface area contributed by atoms with Gasteiger partial charge in [-0.3, -0.25) is 24.6 Å². The van der Waals surface area contributed by atoms with Crippen LogP contribution in [0.25, 0.3) is 10.9 Å². The van der Waals surface area contributed by atoms with Crippen LogP contribution < -0.4 is 33.9 Å². The van der Waals surface area contributed by atoms with Crippen molar-refractivity contribution in [2.75, 3.05) is 39.0 Å². The summed E-state index contributed by atoms with van der Waals surface area (Å²) in [6.45, 7) is 0.929. The molecule has 1 aliphatic rings. The van der Waals surface area contributed by atoms with Crippen LogP contribution >= 0.6 is 46.3 Å². The van der Waals surface area contributed by atoms with E-state index in [1.165, 1.54) is 38.2 Å². The van der Waals surface area contributed by atoms with E-state index in [4.69, 9.17) is 42.5 Å². The molecule has 1 aliphatic heterocycles. The number of amides is 2. The number of nitrogens with one attached hydrogen (secondary N) is 2. The van der Waals surface area contributed by atoms with Gasteiger partial charge in [-0.15, -0.1) is 11.8 Å². The zero-order valence-electron chi connectivity index (χ0n) is 35.2. The monoisotopic (exact) mass is 1050 g/mol. The third-order valence-corrected chi connectivity index (χ3v) is 12.5. The molecule has 4 aromatic heterocycles. The number of benzene rings is 2. The van der Waals surface area contributed by atoms with E-state index in [-0.39, 0.29) is 33.1 Å². The van der Waals surface area contributed by atoms with E-state index in [1.54, 1.807) is 39.8 Å². The fourth-order valence-electron chi connectivity index (χ4n) is 5.59. The molecular formula is C39H35Cl2F4N9O11S3. The molecule has 0 spiro atoms. The van der Waals surface area contributed by atoms with Crippen LogP contribution in [0.2, 0.25) is 10.0 Å². The van der Waals surface area contributed by atoms with Crippen molar-refractivity contribution >= 4 is 96.8 Å². The lowest BCUT2D eigenvalue weighted by atomic mass is 10.2. The van der Waals surface area contributed by atoms with Crippen LogP contribution in [0.5, 0.6) is 17.5 Å². The van der Waals surface area contributed by atoms with Crippen LogP contribution in [-0.4, -0.2) is 94.5 Å². The Balaban J connectivity index is 0.000000197. The zero-order chi connectivity index (χ0) is 49.8. The second-order valence-electron chi connectivity index (χ2n) is 13.1. The number of nitrogens with zero attached hydrogens (tertiary/aromatic N) is 7. The third-order valence-electron chi connectivity index (χ3n) is 8.59. The first kappa shape index (κ1) is 52.4. The van der Waals surface area contributed by atoms with Gasteiger partial charge in [-0.05, 0) is 72.7 Å². The minimum Gasteiger partial charge on any atom is -0.481 e. The maximum atomic E-state index is 14.3. The lowest BCUT2D eigenvalue weighted by Gasteiger charge is -2.15. The quantitative estimate of drug-likeness (QED) is 0.0666. The Hall–Kier alpha value is -6.55. The molecule has 29 heteroatoms. The number of rotatable bonds is 12. The summed E-state index contributed by atoms with van der Waals surface area (Å²) in [7, 11) is -1.09. The largest absolute Gasteiger partial charge is 0.481 e. The van der Waals surface area contributed by atoms with Crippen molar-refractivity contribution in [3.63, 3.8) is 0 Å². The molecule has 68 heavy (non-hydrogen) atoms. The molecule has 0 saturated heterocycles.